The Morgan fingerprint density at radius 1 is 1.22 bits per heavy atom. The van der Waals surface area contributed by atoms with Gasteiger partial charge in [0, 0.05) is 18.8 Å². The van der Waals surface area contributed by atoms with Crippen molar-refractivity contribution in [1.29, 1.82) is 0 Å². The number of nitrogens with zero attached hydrogens (tertiary/aromatic N) is 2. The van der Waals surface area contributed by atoms with Crippen LogP contribution in [0.25, 0.3) is 12.2 Å². The molecule has 1 heterocycles. The van der Waals surface area contributed by atoms with E-state index in [1.165, 1.54) is 0 Å². The number of rotatable bonds is 3. The Bertz CT molecular complexity index is 568. The molecule has 0 spiro atoms. The van der Waals surface area contributed by atoms with Crippen LogP contribution in [-0.2, 0) is 7.05 Å². The van der Waals surface area contributed by atoms with Crippen molar-refractivity contribution in [3.8, 4) is 5.75 Å². The third-order valence-electron chi connectivity index (χ3n) is 2.87. The lowest BCUT2D eigenvalue weighted by Gasteiger charge is -2.08. The molecule has 1 aromatic carbocycles. The van der Waals surface area contributed by atoms with Gasteiger partial charge in [-0.2, -0.15) is 5.10 Å². The average molecular weight is 242 g/mol. The smallest absolute Gasteiger partial charge is 0.119 e. The van der Waals surface area contributed by atoms with Crippen LogP contribution >= 0.6 is 0 Å². The van der Waals surface area contributed by atoms with Crippen LogP contribution in [0.5, 0.6) is 5.75 Å². The zero-order valence-corrected chi connectivity index (χ0v) is 11.0. The maximum Gasteiger partial charge on any atom is 0.119 e. The van der Waals surface area contributed by atoms with E-state index in [9.17, 15) is 5.11 Å². The number of phenols is 1. The molecule has 94 valence electrons. The van der Waals surface area contributed by atoms with E-state index in [2.05, 4.69) is 18.9 Å². The van der Waals surface area contributed by atoms with Crippen molar-refractivity contribution in [3.63, 3.8) is 0 Å². The van der Waals surface area contributed by atoms with Gasteiger partial charge in [-0.3, -0.25) is 4.68 Å². The average Bonchev–Trinajstić information content (AvgIpc) is 2.72. The summed E-state index contributed by atoms with van der Waals surface area (Å²) < 4.78 is 1.76. The van der Waals surface area contributed by atoms with Crippen LogP contribution in [-0.4, -0.2) is 14.9 Å². The van der Waals surface area contributed by atoms with E-state index in [1.807, 2.05) is 37.5 Å². The summed E-state index contributed by atoms with van der Waals surface area (Å²) in [5.41, 5.74) is 3.01. The first-order valence-corrected chi connectivity index (χ1v) is 6.06. The molecule has 0 radical (unpaired) electrons. The van der Waals surface area contributed by atoms with Crippen molar-refractivity contribution in [2.75, 3.05) is 0 Å². The predicted octanol–water partition coefficient (Wildman–Crippen LogP) is 3.42. The van der Waals surface area contributed by atoms with Gasteiger partial charge in [-0.05, 0) is 23.1 Å². The van der Waals surface area contributed by atoms with Crippen molar-refractivity contribution >= 4 is 12.2 Å². The summed E-state index contributed by atoms with van der Waals surface area (Å²) in [6.07, 6.45) is 7.70. The van der Waals surface area contributed by atoms with Gasteiger partial charge in [-0.25, -0.2) is 0 Å². The number of phenolic OH excluding ortho intramolecular Hbond substituents is 1. The van der Waals surface area contributed by atoms with Gasteiger partial charge in [0.05, 0.1) is 6.20 Å². The lowest BCUT2D eigenvalue weighted by atomic mass is 10.00. The standard InChI is InChI=1S/C15H18N2O/c1-11(2)14-7-6-12(8-15(14)18)4-5-13-9-16-17(3)10-13/h4-11,18H,1-3H3/b5-4+. The van der Waals surface area contributed by atoms with E-state index in [0.717, 1.165) is 16.7 Å². The Balaban J connectivity index is 2.20. The van der Waals surface area contributed by atoms with Gasteiger partial charge in [0.25, 0.3) is 0 Å². The second kappa shape index (κ2) is 5.08. The summed E-state index contributed by atoms with van der Waals surface area (Å²) in [7, 11) is 1.89. The van der Waals surface area contributed by atoms with Crippen LogP contribution in [0.2, 0.25) is 0 Å². The molecule has 0 fully saturated rings. The second-order valence-electron chi connectivity index (χ2n) is 4.75. The molecule has 0 unspecified atom stereocenters. The number of hydrogen-bond donors (Lipinski definition) is 1. The summed E-state index contributed by atoms with van der Waals surface area (Å²) in [5.74, 6) is 0.694. The minimum absolute atomic E-state index is 0.335. The molecule has 2 rings (SSSR count). The molecule has 2 aromatic rings. The third-order valence-corrected chi connectivity index (χ3v) is 2.87. The quantitative estimate of drug-likeness (QED) is 0.895. The van der Waals surface area contributed by atoms with Crippen LogP contribution in [0, 0.1) is 0 Å². The maximum absolute atomic E-state index is 9.91. The highest BCUT2D eigenvalue weighted by Gasteiger charge is 2.05. The molecule has 0 aliphatic carbocycles. The first-order chi connectivity index (χ1) is 8.56. The lowest BCUT2D eigenvalue weighted by molar-refractivity contribution is 0.465. The molecule has 0 aliphatic heterocycles. The largest absolute Gasteiger partial charge is 0.508 e. The highest BCUT2D eigenvalue weighted by Crippen LogP contribution is 2.26. The summed E-state index contributed by atoms with van der Waals surface area (Å²) in [6, 6.07) is 5.78. The van der Waals surface area contributed by atoms with Gasteiger partial charge >= 0.3 is 0 Å². The number of aryl methyl sites for hydroxylation is 1. The van der Waals surface area contributed by atoms with E-state index < -0.39 is 0 Å². The van der Waals surface area contributed by atoms with Crippen molar-refractivity contribution < 1.29 is 5.11 Å². The molecule has 1 N–H and O–H groups in total. The summed E-state index contributed by atoms with van der Waals surface area (Å²) in [4.78, 5) is 0. The molecule has 18 heavy (non-hydrogen) atoms. The van der Waals surface area contributed by atoms with Gasteiger partial charge in [0.15, 0.2) is 0 Å². The topological polar surface area (TPSA) is 38.0 Å². The molecule has 1 aromatic heterocycles. The fourth-order valence-electron chi connectivity index (χ4n) is 1.87. The van der Waals surface area contributed by atoms with Gasteiger partial charge in [-0.15, -0.1) is 0 Å². The van der Waals surface area contributed by atoms with Gasteiger partial charge < -0.3 is 5.11 Å². The molecule has 0 atom stereocenters. The molecule has 3 heteroatoms. The fourth-order valence-corrected chi connectivity index (χ4v) is 1.87. The molecule has 0 saturated carbocycles. The van der Waals surface area contributed by atoms with E-state index in [1.54, 1.807) is 16.9 Å². The normalized spacial score (nSPS) is 11.6. The zero-order chi connectivity index (χ0) is 13.1. The zero-order valence-electron chi connectivity index (χ0n) is 11.0. The molecule has 0 bridgehead atoms. The van der Waals surface area contributed by atoms with Gasteiger partial charge in [-0.1, -0.05) is 38.1 Å². The van der Waals surface area contributed by atoms with Crippen molar-refractivity contribution in [2.24, 2.45) is 7.05 Å². The molecular formula is C15H18N2O. The molecule has 0 aliphatic rings. The van der Waals surface area contributed by atoms with Crippen LogP contribution in [0.4, 0.5) is 0 Å². The van der Waals surface area contributed by atoms with Crippen LogP contribution < -0.4 is 0 Å². The Hall–Kier alpha value is -2.03. The van der Waals surface area contributed by atoms with Crippen LogP contribution in [0.1, 0.15) is 36.5 Å². The van der Waals surface area contributed by atoms with Crippen molar-refractivity contribution in [3.05, 3.63) is 47.3 Å². The predicted molar refractivity (Wildman–Crippen MR) is 74.3 cm³/mol. The summed E-state index contributed by atoms with van der Waals surface area (Å²) in [6.45, 7) is 4.14. The molecular weight excluding hydrogens is 224 g/mol. The van der Waals surface area contributed by atoms with Crippen molar-refractivity contribution in [2.45, 2.75) is 19.8 Å². The highest BCUT2D eigenvalue weighted by atomic mass is 16.3. The maximum atomic E-state index is 9.91. The Morgan fingerprint density at radius 2 is 1.94 bits per heavy atom. The molecule has 0 saturated heterocycles. The fraction of sp³-hybridized carbons (Fsp3) is 0.267. The SMILES string of the molecule is CC(C)c1ccc(/C=C/c2cnn(C)c2)cc1O. The van der Waals surface area contributed by atoms with E-state index in [-0.39, 0.29) is 0 Å². The minimum atomic E-state index is 0.335. The third kappa shape index (κ3) is 2.80. The highest BCUT2D eigenvalue weighted by molar-refractivity contribution is 5.70. The monoisotopic (exact) mass is 242 g/mol. The second-order valence-corrected chi connectivity index (χ2v) is 4.75. The molecule has 0 amide bonds. The van der Waals surface area contributed by atoms with Gasteiger partial charge in [0.1, 0.15) is 5.75 Å². The number of hydrogen-bond acceptors (Lipinski definition) is 2. The first kappa shape index (κ1) is 12.4. The van der Waals surface area contributed by atoms with E-state index in [0.29, 0.717) is 11.7 Å². The summed E-state index contributed by atoms with van der Waals surface area (Å²) in [5, 5.41) is 14.0. The lowest BCUT2D eigenvalue weighted by Crippen LogP contribution is -1.88. The Labute approximate surface area is 107 Å². The van der Waals surface area contributed by atoms with E-state index in [4.69, 9.17) is 0 Å². The van der Waals surface area contributed by atoms with E-state index >= 15 is 0 Å². The summed E-state index contributed by atoms with van der Waals surface area (Å²) >= 11 is 0. The first-order valence-electron chi connectivity index (χ1n) is 6.06. The Kier molecular flexibility index (Phi) is 3.51. The number of aromatic hydroxyl groups is 1. The number of benzene rings is 1. The Morgan fingerprint density at radius 3 is 2.50 bits per heavy atom. The van der Waals surface area contributed by atoms with Crippen LogP contribution in [0.15, 0.2) is 30.6 Å². The molecule has 3 nitrogen and oxygen atoms in total. The van der Waals surface area contributed by atoms with Crippen molar-refractivity contribution in [1.82, 2.24) is 9.78 Å². The minimum Gasteiger partial charge on any atom is -0.508 e. The number of aromatic nitrogens is 2. The van der Waals surface area contributed by atoms with Gasteiger partial charge in [0.2, 0.25) is 0 Å². The van der Waals surface area contributed by atoms with Crippen LogP contribution in [0.3, 0.4) is 0 Å².